The van der Waals surface area contributed by atoms with Crippen LogP contribution in [-0.2, 0) is 22.6 Å². The topological polar surface area (TPSA) is 76.2 Å². The van der Waals surface area contributed by atoms with Gasteiger partial charge in [0.1, 0.15) is 13.2 Å². The lowest BCUT2D eigenvalue weighted by Crippen LogP contribution is -2.45. The predicted molar refractivity (Wildman–Crippen MR) is 150 cm³/mol. The molecule has 7 nitrogen and oxygen atoms in total. The van der Waals surface area contributed by atoms with E-state index in [1.54, 1.807) is 42.4 Å². The molecule has 0 bridgehead atoms. The summed E-state index contributed by atoms with van der Waals surface area (Å²) in [5, 5.41) is 0.208. The highest BCUT2D eigenvalue weighted by Crippen LogP contribution is 2.37. The summed E-state index contributed by atoms with van der Waals surface area (Å²) in [6.07, 6.45) is 5.78. The molecule has 3 amide bonds. The van der Waals surface area contributed by atoms with Gasteiger partial charge in [0, 0.05) is 23.7 Å². The minimum absolute atomic E-state index is 0.197. The molecule has 4 rings (SSSR count). The molecule has 0 unspecified atom stereocenters. The Morgan fingerprint density at radius 1 is 1.18 bits per heavy atom. The standard InChI is InChI=1S/C29H31ClN2O5S/c1-4-5-22-14-21(15-24(36-3)27(22)37-18-20-6-8-23(30)9-7-20)16-25-28(34)32(29(35)38-25)17-26(33)31-12-10-19(2)11-13-31/h4,6-9,14-16,19H,1,5,10-13,17-18H2,2-3H3/b25-16-. The number of rotatable bonds is 9. The van der Waals surface area contributed by atoms with Crippen molar-refractivity contribution in [2.45, 2.75) is 32.8 Å². The fourth-order valence-electron chi connectivity index (χ4n) is 4.41. The Hall–Kier alpha value is -3.23. The summed E-state index contributed by atoms with van der Waals surface area (Å²) in [7, 11) is 1.55. The molecule has 0 aromatic heterocycles. The van der Waals surface area contributed by atoms with Crippen LogP contribution in [0, 0.1) is 5.92 Å². The zero-order chi connectivity index (χ0) is 27.2. The number of hydrogen-bond acceptors (Lipinski definition) is 6. The van der Waals surface area contributed by atoms with E-state index in [-0.39, 0.29) is 17.4 Å². The Labute approximate surface area is 232 Å². The van der Waals surface area contributed by atoms with Crippen LogP contribution in [0.5, 0.6) is 11.5 Å². The molecule has 38 heavy (non-hydrogen) atoms. The Bertz CT molecular complexity index is 1250. The van der Waals surface area contributed by atoms with Gasteiger partial charge in [0.25, 0.3) is 11.1 Å². The lowest BCUT2D eigenvalue weighted by atomic mass is 9.99. The number of piperidine rings is 1. The Morgan fingerprint density at radius 3 is 2.55 bits per heavy atom. The minimum atomic E-state index is -0.467. The van der Waals surface area contributed by atoms with Crippen LogP contribution in [0.2, 0.25) is 5.02 Å². The van der Waals surface area contributed by atoms with E-state index in [9.17, 15) is 14.4 Å². The molecule has 2 aliphatic rings. The number of imide groups is 1. The molecule has 0 spiro atoms. The summed E-state index contributed by atoms with van der Waals surface area (Å²) >= 11 is 6.81. The van der Waals surface area contributed by atoms with E-state index in [1.807, 2.05) is 18.2 Å². The van der Waals surface area contributed by atoms with E-state index in [0.29, 0.717) is 54.1 Å². The molecule has 2 aliphatic heterocycles. The molecule has 200 valence electrons. The van der Waals surface area contributed by atoms with Crippen LogP contribution in [0.3, 0.4) is 0 Å². The molecule has 2 saturated heterocycles. The van der Waals surface area contributed by atoms with Gasteiger partial charge in [-0.25, -0.2) is 0 Å². The molecule has 0 radical (unpaired) electrons. The van der Waals surface area contributed by atoms with Crippen molar-refractivity contribution in [1.29, 1.82) is 0 Å². The van der Waals surface area contributed by atoms with E-state index in [0.717, 1.165) is 40.6 Å². The zero-order valence-electron chi connectivity index (χ0n) is 21.6. The average Bonchev–Trinajstić information content (AvgIpc) is 3.16. The van der Waals surface area contributed by atoms with Gasteiger partial charge in [0.15, 0.2) is 11.5 Å². The van der Waals surface area contributed by atoms with E-state index in [1.165, 1.54) is 0 Å². The molecular formula is C29H31ClN2O5S. The smallest absolute Gasteiger partial charge is 0.294 e. The van der Waals surface area contributed by atoms with Gasteiger partial charge >= 0.3 is 0 Å². The van der Waals surface area contributed by atoms with E-state index < -0.39 is 11.1 Å². The number of benzene rings is 2. The lowest BCUT2D eigenvalue weighted by Gasteiger charge is -2.31. The van der Waals surface area contributed by atoms with Crippen molar-refractivity contribution in [3.63, 3.8) is 0 Å². The Balaban J connectivity index is 1.52. The third-order valence-electron chi connectivity index (χ3n) is 6.64. The fraction of sp³-hybridized carbons (Fsp3) is 0.345. The van der Waals surface area contributed by atoms with E-state index >= 15 is 0 Å². The number of likely N-dealkylation sites (tertiary alicyclic amines) is 1. The minimum Gasteiger partial charge on any atom is -0.493 e. The second kappa shape index (κ2) is 12.5. The highest BCUT2D eigenvalue weighted by atomic mass is 35.5. The van der Waals surface area contributed by atoms with Crippen molar-refractivity contribution in [3.8, 4) is 11.5 Å². The predicted octanol–water partition coefficient (Wildman–Crippen LogP) is 5.95. The summed E-state index contributed by atoms with van der Waals surface area (Å²) in [6.45, 7) is 7.40. The number of amides is 3. The molecular weight excluding hydrogens is 524 g/mol. The molecule has 0 aliphatic carbocycles. The second-order valence-corrected chi connectivity index (χ2v) is 10.9. The summed E-state index contributed by atoms with van der Waals surface area (Å²) in [6, 6.07) is 11.0. The summed E-state index contributed by atoms with van der Waals surface area (Å²) in [5.74, 6) is 0.993. The van der Waals surface area contributed by atoms with Crippen molar-refractivity contribution in [3.05, 3.63) is 75.7 Å². The molecule has 9 heteroatoms. The van der Waals surface area contributed by atoms with Gasteiger partial charge in [0.2, 0.25) is 5.91 Å². The van der Waals surface area contributed by atoms with Crippen molar-refractivity contribution in [2.75, 3.05) is 26.7 Å². The SMILES string of the molecule is C=CCc1cc(/C=C2\SC(=O)N(CC(=O)N3CCC(C)CC3)C2=O)cc(OC)c1OCc1ccc(Cl)cc1. The van der Waals surface area contributed by atoms with Gasteiger partial charge in [-0.1, -0.05) is 36.7 Å². The van der Waals surface area contributed by atoms with Crippen LogP contribution < -0.4 is 9.47 Å². The van der Waals surface area contributed by atoms with Crippen molar-refractivity contribution < 1.29 is 23.9 Å². The first-order valence-electron chi connectivity index (χ1n) is 12.5. The Morgan fingerprint density at radius 2 is 1.89 bits per heavy atom. The number of methoxy groups -OCH3 is 1. The maximum absolute atomic E-state index is 13.1. The van der Waals surface area contributed by atoms with Crippen molar-refractivity contribution in [2.24, 2.45) is 5.92 Å². The maximum Gasteiger partial charge on any atom is 0.294 e. The average molecular weight is 555 g/mol. The van der Waals surface area contributed by atoms with Crippen LogP contribution in [0.4, 0.5) is 4.79 Å². The number of nitrogens with zero attached hydrogens (tertiary/aromatic N) is 2. The first kappa shape index (κ1) is 27.8. The summed E-state index contributed by atoms with van der Waals surface area (Å²) in [5.41, 5.74) is 2.46. The number of carbonyl (C=O) groups excluding carboxylic acids is 3. The number of carbonyl (C=O) groups is 3. The molecule has 0 saturated carbocycles. The molecule has 0 N–H and O–H groups in total. The zero-order valence-corrected chi connectivity index (χ0v) is 23.1. The second-order valence-electron chi connectivity index (χ2n) is 9.45. The quantitative estimate of drug-likeness (QED) is 0.281. The monoisotopic (exact) mass is 554 g/mol. The molecule has 2 aromatic rings. The summed E-state index contributed by atoms with van der Waals surface area (Å²) in [4.78, 5) is 41.5. The number of allylic oxidation sites excluding steroid dienone is 1. The highest BCUT2D eigenvalue weighted by Gasteiger charge is 2.37. The van der Waals surface area contributed by atoms with Crippen LogP contribution in [0.15, 0.2) is 54.0 Å². The van der Waals surface area contributed by atoms with Gasteiger partial charge in [-0.2, -0.15) is 0 Å². The van der Waals surface area contributed by atoms with Gasteiger partial charge in [0.05, 0.1) is 12.0 Å². The fourth-order valence-corrected chi connectivity index (χ4v) is 5.37. The third kappa shape index (κ3) is 6.60. The molecule has 2 heterocycles. The number of ether oxygens (including phenoxy) is 2. The number of hydrogen-bond donors (Lipinski definition) is 0. The van der Waals surface area contributed by atoms with Crippen LogP contribution >= 0.6 is 23.4 Å². The number of halogens is 1. The third-order valence-corrected chi connectivity index (χ3v) is 7.80. The maximum atomic E-state index is 13.1. The largest absolute Gasteiger partial charge is 0.493 e. The molecule has 2 fully saturated rings. The molecule has 2 aromatic carbocycles. The van der Waals surface area contributed by atoms with Gasteiger partial charge in [-0.05, 0) is 78.4 Å². The molecule has 0 atom stereocenters. The normalized spacial score (nSPS) is 17.3. The van der Waals surface area contributed by atoms with Gasteiger partial charge in [-0.15, -0.1) is 6.58 Å². The highest BCUT2D eigenvalue weighted by molar-refractivity contribution is 8.18. The van der Waals surface area contributed by atoms with E-state index in [2.05, 4.69) is 13.5 Å². The van der Waals surface area contributed by atoms with Crippen LogP contribution in [-0.4, -0.2) is 53.6 Å². The van der Waals surface area contributed by atoms with Crippen LogP contribution in [0.25, 0.3) is 6.08 Å². The number of thioether (sulfide) groups is 1. The van der Waals surface area contributed by atoms with Gasteiger partial charge in [-0.3, -0.25) is 19.3 Å². The van der Waals surface area contributed by atoms with Crippen molar-refractivity contribution >= 4 is 46.5 Å². The van der Waals surface area contributed by atoms with E-state index in [4.69, 9.17) is 21.1 Å². The first-order valence-corrected chi connectivity index (χ1v) is 13.7. The van der Waals surface area contributed by atoms with Crippen molar-refractivity contribution in [1.82, 2.24) is 9.80 Å². The van der Waals surface area contributed by atoms with Crippen LogP contribution in [0.1, 0.15) is 36.5 Å². The van der Waals surface area contributed by atoms with Gasteiger partial charge < -0.3 is 14.4 Å². The summed E-state index contributed by atoms with van der Waals surface area (Å²) < 4.78 is 11.7. The lowest BCUT2D eigenvalue weighted by molar-refractivity contribution is -0.136. The Kier molecular flexibility index (Phi) is 9.17. The first-order chi connectivity index (χ1) is 18.3.